The molecule has 1 saturated carbocycles. The van der Waals surface area contributed by atoms with E-state index in [0.717, 1.165) is 18.7 Å². The first kappa shape index (κ1) is 12.3. The number of rotatable bonds is 2. The number of halogens is 2. The molecule has 1 spiro atoms. The molecule has 1 saturated heterocycles. The van der Waals surface area contributed by atoms with Gasteiger partial charge >= 0.3 is 0 Å². The van der Waals surface area contributed by atoms with Gasteiger partial charge in [-0.25, -0.2) is 8.78 Å². The number of pyridine rings is 1. The van der Waals surface area contributed by atoms with Gasteiger partial charge in [0.05, 0.1) is 5.41 Å². The first-order chi connectivity index (χ1) is 8.94. The Morgan fingerprint density at radius 3 is 2.84 bits per heavy atom. The Bertz CT molecular complexity index is 534. The number of hydrogen-bond donors (Lipinski definition) is 1. The smallest absolute Gasteiger partial charge is 0.267 e. The predicted molar refractivity (Wildman–Crippen MR) is 66.2 cm³/mol. The van der Waals surface area contributed by atoms with E-state index in [1.807, 2.05) is 4.90 Å². The van der Waals surface area contributed by atoms with Crippen LogP contribution in [0.25, 0.3) is 0 Å². The monoisotopic (exact) mass is 267 g/mol. The fraction of sp³-hybridized carbons (Fsp3) is 0.538. The first-order valence-corrected chi connectivity index (χ1v) is 6.32. The van der Waals surface area contributed by atoms with Crippen molar-refractivity contribution in [2.45, 2.75) is 25.2 Å². The van der Waals surface area contributed by atoms with Crippen LogP contribution in [-0.2, 0) is 0 Å². The lowest BCUT2D eigenvalue weighted by Gasteiger charge is -2.34. The first-order valence-electron chi connectivity index (χ1n) is 6.32. The van der Waals surface area contributed by atoms with Crippen LogP contribution in [0.5, 0.6) is 0 Å². The minimum absolute atomic E-state index is 0.0236. The summed E-state index contributed by atoms with van der Waals surface area (Å²) in [5, 5.41) is 0. The summed E-state index contributed by atoms with van der Waals surface area (Å²) in [6.45, 7) is 1.06. The van der Waals surface area contributed by atoms with Crippen molar-refractivity contribution in [1.82, 2.24) is 4.98 Å². The Kier molecular flexibility index (Phi) is 2.52. The molecular weight excluding hydrogens is 252 g/mol. The highest BCUT2D eigenvalue weighted by atomic mass is 19.3. The van der Waals surface area contributed by atoms with Crippen molar-refractivity contribution < 1.29 is 13.6 Å². The molecule has 6 heteroatoms. The van der Waals surface area contributed by atoms with Crippen LogP contribution in [0.15, 0.2) is 18.3 Å². The Morgan fingerprint density at radius 1 is 1.47 bits per heavy atom. The topological polar surface area (TPSA) is 59.2 Å². The lowest BCUT2D eigenvalue weighted by Crippen LogP contribution is -2.39. The number of aromatic nitrogens is 1. The van der Waals surface area contributed by atoms with Gasteiger partial charge in [0.25, 0.3) is 11.8 Å². The van der Waals surface area contributed by atoms with E-state index in [1.54, 1.807) is 12.1 Å². The predicted octanol–water partition coefficient (Wildman–Crippen LogP) is 1.81. The summed E-state index contributed by atoms with van der Waals surface area (Å²) >= 11 is 0. The molecule has 4 nitrogen and oxygen atoms in total. The molecule has 2 aliphatic rings. The second kappa shape index (κ2) is 3.88. The zero-order chi connectivity index (χ0) is 13.7. The number of hydrogen-bond acceptors (Lipinski definition) is 3. The fourth-order valence-electron chi connectivity index (χ4n) is 2.93. The highest BCUT2D eigenvalue weighted by molar-refractivity contribution is 5.91. The Labute approximate surface area is 109 Å². The molecule has 0 bridgehead atoms. The van der Waals surface area contributed by atoms with Gasteiger partial charge in [-0.2, -0.15) is 0 Å². The van der Waals surface area contributed by atoms with E-state index in [0.29, 0.717) is 13.0 Å². The number of primary amides is 1. The molecule has 2 fully saturated rings. The maximum absolute atomic E-state index is 13.5. The lowest BCUT2D eigenvalue weighted by molar-refractivity contribution is 0.0575. The van der Waals surface area contributed by atoms with Gasteiger partial charge in [0.1, 0.15) is 5.69 Å². The zero-order valence-corrected chi connectivity index (χ0v) is 10.4. The molecule has 102 valence electrons. The number of piperidine rings is 1. The summed E-state index contributed by atoms with van der Waals surface area (Å²) < 4.78 is 26.9. The molecule has 1 aromatic rings. The molecule has 3 rings (SSSR count). The third-order valence-electron chi connectivity index (χ3n) is 4.15. The van der Waals surface area contributed by atoms with Crippen molar-refractivity contribution in [2.24, 2.45) is 11.1 Å². The molecule has 2 N–H and O–H groups in total. The van der Waals surface area contributed by atoms with E-state index in [2.05, 4.69) is 4.98 Å². The van der Waals surface area contributed by atoms with Gasteiger partial charge in [-0.15, -0.1) is 0 Å². The summed E-state index contributed by atoms with van der Waals surface area (Å²) in [5.74, 6) is -3.14. The van der Waals surface area contributed by atoms with Crippen LogP contribution >= 0.6 is 0 Å². The molecule has 1 aliphatic carbocycles. The molecule has 2 heterocycles. The summed E-state index contributed by atoms with van der Waals surface area (Å²) in [7, 11) is 0. The maximum atomic E-state index is 13.5. The van der Waals surface area contributed by atoms with Crippen molar-refractivity contribution in [3.8, 4) is 0 Å². The van der Waals surface area contributed by atoms with Crippen molar-refractivity contribution in [3.05, 3.63) is 24.0 Å². The van der Waals surface area contributed by atoms with Crippen LogP contribution < -0.4 is 10.6 Å². The van der Waals surface area contributed by atoms with Crippen LogP contribution in [-0.4, -0.2) is 29.9 Å². The number of alkyl halides is 2. The minimum atomic E-state index is -2.54. The van der Waals surface area contributed by atoms with Gasteiger partial charge in [-0.05, 0) is 25.0 Å². The third kappa shape index (κ3) is 1.95. The summed E-state index contributed by atoms with van der Waals surface area (Å²) in [6.07, 6.45) is 2.78. The zero-order valence-electron chi connectivity index (χ0n) is 10.4. The van der Waals surface area contributed by atoms with Crippen molar-refractivity contribution in [3.63, 3.8) is 0 Å². The van der Waals surface area contributed by atoms with E-state index in [1.165, 1.54) is 6.20 Å². The number of carbonyl (C=O) groups is 1. The normalized spacial score (nSPS) is 28.4. The van der Waals surface area contributed by atoms with Crippen molar-refractivity contribution in [2.75, 3.05) is 18.0 Å². The van der Waals surface area contributed by atoms with Crippen molar-refractivity contribution >= 4 is 11.6 Å². The standard InChI is InChI=1S/C13H15F2N3O/c14-13(15)7-12(13)3-1-5-18(8-12)9-2-4-17-10(6-9)11(16)19/h2,4,6H,1,3,5,7-8H2,(H2,16,19). The second-order valence-electron chi connectivity index (χ2n) is 5.45. The molecule has 1 atom stereocenters. The summed E-state index contributed by atoms with van der Waals surface area (Å²) in [6, 6.07) is 3.30. The Hall–Kier alpha value is -1.72. The summed E-state index contributed by atoms with van der Waals surface area (Å²) in [4.78, 5) is 16.9. The highest BCUT2D eigenvalue weighted by Crippen LogP contribution is 2.64. The molecule has 1 aromatic heterocycles. The molecule has 0 radical (unpaired) electrons. The number of anilines is 1. The minimum Gasteiger partial charge on any atom is -0.371 e. The van der Waals surface area contributed by atoms with E-state index < -0.39 is 17.2 Å². The molecule has 1 aliphatic heterocycles. The van der Waals surface area contributed by atoms with Crippen LogP contribution in [0.3, 0.4) is 0 Å². The number of nitrogens with two attached hydrogens (primary N) is 1. The van der Waals surface area contributed by atoms with Gasteiger partial charge in [0.2, 0.25) is 0 Å². The molecule has 0 aromatic carbocycles. The maximum Gasteiger partial charge on any atom is 0.267 e. The van der Waals surface area contributed by atoms with Gasteiger partial charge < -0.3 is 10.6 Å². The van der Waals surface area contributed by atoms with Crippen LogP contribution in [0, 0.1) is 5.41 Å². The van der Waals surface area contributed by atoms with Gasteiger partial charge in [0.15, 0.2) is 0 Å². The molecule has 1 amide bonds. The largest absolute Gasteiger partial charge is 0.371 e. The SMILES string of the molecule is NC(=O)c1cc(N2CCCC3(C2)CC3(F)F)ccn1. The third-order valence-corrected chi connectivity index (χ3v) is 4.15. The molecular formula is C13H15F2N3O. The average molecular weight is 267 g/mol. The van der Waals surface area contributed by atoms with E-state index >= 15 is 0 Å². The highest BCUT2D eigenvalue weighted by Gasteiger charge is 2.71. The van der Waals surface area contributed by atoms with Gasteiger partial charge in [0, 0.05) is 31.4 Å². The summed E-state index contributed by atoms with van der Waals surface area (Å²) in [5.41, 5.74) is 5.23. The molecule has 1 unspecified atom stereocenters. The Balaban J connectivity index is 1.83. The molecule has 19 heavy (non-hydrogen) atoms. The number of amides is 1. The van der Waals surface area contributed by atoms with Crippen LogP contribution in [0.2, 0.25) is 0 Å². The van der Waals surface area contributed by atoms with E-state index in [4.69, 9.17) is 5.73 Å². The van der Waals surface area contributed by atoms with Crippen molar-refractivity contribution in [1.29, 1.82) is 0 Å². The number of nitrogens with zero attached hydrogens (tertiary/aromatic N) is 2. The van der Waals surface area contributed by atoms with Gasteiger partial charge in [-0.3, -0.25) is 9.78 Å². The van der Waals surface area contributed by atoms with Gasteiger partial charge in [-0.1, -0.05) is 0 Å². The quantitative estimate of drug-likeness (QED) is 0.889. The van der Waals surface area contributed by atoms with E-state index in [9.17, 15) is 13.6 Å². The van der Waals surface area contributed by atoms with E-state index in [-0.39, 0.29) is 12.1 Å². The lowest BCUT2D eigenvalue weighted by atomic mass is 9.94. The van der Waals surface area contributed by atoms with Crippen LogP contribution in [0.1, 0.15) is 29.8 Å². The second-order valence-corrected chi connectivity index (χ2v) is 5.45. The Morgan fingerprint density at radius 2 is 2.21 bits per heavy atom. The van der Waals surface area contributed by atoms with Crippen LogP contribution in [0.4, 0.5) is 14.5 Å². The fourth-order valence-corrected chi connectivity index (χ4v) is 2.93. The number of carbonyl (C=O) groups excluding carboxylic acids is 1. The average Bonchev–Trinajstić information content (AvgIpc) is 2.89.